The van der Waals surface area contributed by atoms with Crippen molar-refractivity contribution in [1.29, 1.82) is 0 Å². The third-order valence-electron chi connectivity index (χ3n) is 5.69. The summed E-state index contributed by atoms with van der Waals surface area (Å²) in [6.07, 6.45) is -29.5. The second kappa shape index (κ2) is 12.6. The minimum absolute atomic E-state index is 0.127. The number of rotatable bonds is 10. The van der Waals surface area contributed by atoms with Gasteiger partial charge in [0.05, 0.1) is 0 Å². The summed E-state index contributed by atoms with van der Waals surface area (Å²) < 4.78 is 39.1. The molecule has 3 saturated heterocycles. The fraction of sp³-hybridized carbons (Fsp3) is 0.833. The summed E-state index contributed by atoms with van der Waals surface area (Å²) in [5.74, 6) is 0. The minimum Gasteiger partial charge on any atom is -0.435 e. The van der Waals surface area contributed by atoms with Crippen LogP contribution in [0.15, 0.2) is 0 Å². The van der Waals surface area contributed by atoms with Gasteiger partial charge < -0.3 is 78.7 Å². The van der Waals surface area contributed by atoms with Crippen molar-refractivity contribution in [2.45, 2.75) is 92.7 Å². The molecule has 0 radical (unpaired) electrons. The van der Waals surface area contributed by atoms with Crippen LogP contribution in [-0.2, 0) is 52.3 Å². The summed E-state index contributed by atoms with van der Waals surface area (Å²) in [4.78, 5) is 32.2. The molecule has 0 spiro atoms. The molecule has 0 bridgehead atoms. The molecule has 0 aromatic rings. The fourth-order valence-electron chi connectivity index (χ4n) is 3.80. The number of ether oxygens (including phenoxy) is 8. The van der Waals surface area contributed by atoms with Crippen LogP contribution in [0.3, 0.4) is 0 Å². The van der Waals surface area contributed by atoms with Gasteiger partial charge in [-0.1, -0.05) is 0 Å². The topological polar surface area (TPSA) is 287 Å². The first kappa shape index (κ1) is 29.4. The lowest BCUT2D eigenvalue weighted by molar-refractivity contribution is -0.407. The summed E-state index contributed by atoms with van der Waals surface area (Å²) in [5, 5.41) is 81.7. The van der Waals surface area contributed by atoms with Crippen molar-refractivity contribution in [2.75, 3.05) is 0 Å². The Kier molecular flexibility index (Phi) is 10.0. The van der Waals surface area contributed by atoms with Gasteiger partial charge in [0.2, 0.25) is 18.9 Å². The van der Waals surface area contributed by atoms with Crippen LogP contribution in [-0.4, -0.2) is 153 Å². The zero-order valence-electron chi connectivity index (χ0n) is 18.5. The van der Waals surface area contributed by atoms with Crippen LogP contribution in [0, 0.1) is 0 Å². The smallest absolute Gasteiger partial charge is 0.295 e. The van der Waals surface area contributed by atoms with E-state index in [2.05, 4.69) is 14.2 Å². The molecule has 212 valence electrons. The molecule has 0 amide bonds. The van der Waals surface area contributed by atoms with Crippen molar-refractivity contribution in [3.63, 3.8) is 0 Å². The first-order chi connectivity index (χ1) is 17.5. The molecule has 37 heavy (non-hydrogen) atoms. The Labute approximate surface area is 206 Å². The molecular formula is C18H26O19. The number of hydrogen-bond acceptors (Lipinski definition) is 19. The summed E-state index contributed by atoms with van der Waals surface area (Å²) in [6.45, 7) is -0.417. The number of carbonyl (C=O) groups is 3. The highest BCUT2D eigenvalue weighted by Gasteiger charge is 2.55. The highest BCUT2D eigenvalue weighted by molar-refractivity contribution is 5.38. The molecule has 0 saturated carbocycles. The average molecular weight is 546 g/mol. The molecule has 6 unspecified atom stereocenters. The molecule has 3 fully saturated rings. The Hall–Kier alpha value is -2.11. The Balaban J connectivity index is 1.82. The van der Waals surface area contributed by atoms with Gasteiger partial charge in [0, 0.05) is 0 Å². The molecule has 3 aliphatic heterocycles. The second-order valence-electron chi connectivity index (χ2n) is 7.97. The van der Waals surface area contributed by atoms with Gasteiger partial charge in [-0.3, -0.25) is 14.4 Å². The highest BCUT2D eigenvalue weighted by Crippen LogP contribution is 2.32. The van der Waals surface area contributed by atoms with Crippen molar-refractivity contribution < 1.29 is 93.1 Å². The highest BCUT2D eigenvalue weighted by atomic mass is 16.8. The van der Waals surface area contributed by atoms with E-state index in [-0.39, 0.29) is 19.4 Å². The third-order valence-corrected chi connectivity index (χ3v) is 5.69. The lowest BCUT2D eigenvalue weighted by Gasteiger charge is -2.47. The summed E-state index contributed by atoms with van der Waals surface area (Å²) in [5.41, 5.74) is 0. The Morgan fingerprint density at radius 3 is 1.27 bits per heavy atom. The summed E-state index contributed by atoms with van der Waals surface area (Å²) in [7, 11) is 0. The van der Waals surface area contributed by atoms with Gasteiger partial charge in [0.15, 0.2) is 18.9 Å². The average Bonchev–Trinajstić information content (AvgIpc) is 2.86. The van der Waals surface area contributed by atoms with E-state index in [1.165, 1.54) is 0 Å². The minimum atomic E-state index is -2.10. The van der Waals surface area contributed by atoms with Gasteiger partial charge in [0.1, 0.15) is 54.9 Å². The normalized spacial score (nSPS) is 48.5. The Morgan fingerprint density at radius 2 is 0.784 bits per heavy atom. The molecule has 0 aromatic carbocycles. The van der Waals surface area contributed by atoms with Crippen molar-refractivity contribution in [3.05, 3.63) is 0 Å². The maximum atomic E-state index is 10.9. The van der Waals surface area contributed by atoms with E-state index in [1.54, 1.807) is 0 Å². The van der Waals surface area contributed by atoms with Gasteiger partial charge in [-0.15, -0.1) is 0 Å². The number of hydrogen-bond donors (Lipinski definition) is 8. The van der Waals surface area contributed by atoms with Crippen LogP contribution in [0.5, 0.6) is 0 Å². The van der Waals surface area contributed by atoms with Crippen molar-refractivity contribution in [2.24, 2.45) is 0 Å². The third kappa shape index (κ3) is 6.15. The molecule has 3 aliphatic rings. The Bertz CT molecular complexity index is 769. The number of aliphatic hydroxyl groups is 8. The van der Waals surface area contributed by atoms with E-state index in [0.717, 1.165) is 0 Å². The maximum absolute atomic E-state index is 10.9. The molecule has 3 rings (SSSR count). The van der Waals surface area contributed by atoms with Crippen LogP contribution in [0.25, 0.3) is 0 Å². The standard InChI is InChI=1S/C18H26O19/c19-1-30-14-5(23)4(22)6(24)17(36-14)34-12-9(27)16(32-3-21)37-18(10(12)28)33-11-7(25)13(29)35-15(8(11)26)31-2-20/h1-18,22-29H/t4-,5-,6?,7?,8-,9-,10?,11+,12-,13+,14?,15?,16?,17+,18+/m0/s1. The molecule has 15 atom stereocenters. The zero-order chi connectivity index (χ0) is 27.4. The van der Waals surface area contributed by atoms with E-state index in [4.69, 9.17) is 23.7 Å². The van der Waals surface area contributed by atoms with Crippen molar-refractivity contribution in [1.82, 2.24) is 0 Å². The first-order valence-corrected chi connectivity index (χ1v) is 10.5. The van der Waals surface area contributed by atoms with E-state index in [0.29, 0.717) is 0 Å². The van der Waals surface area contributed by atoms with Crippen LogP contribution in [0.2, 0.25) is 0 Å². The van der Waals surface area contributed by atoms with Gasteiger partial charge in [0.25, 0.3) is 19.4 Å². The van der Waals surface area contributed by atoms with Crippen LogP contribution in [0.1, 0.15) is 0 Å². The van der Waals surface area contributed by atoms with E-state index < -0.39 is 92.7 Å². The molecular weight excluding hydrogens is 520 g/mol. The second-order valence-corrected chi connectivity index (χ2v) is 7.97. The van der Waals surface area contributed by atoms with E-state index in [9.17, 15) is 55.2 Å². The molecule has 0 aromatic heterocycles. The maximum Gasteiger partial charge on any atom is 0.295 e. The quantitative estimate of drug-likeness (QED) is 0.0932. The number of aliphatic hydroxyl groups excluding tert-OH is 8. The lowest BCUT2D eigenvalue weighted by Crippen LogP contribution is -2.66. The monoisotopic (exact) mass is 546 g/mol. The predicted molar refractivity (Wildman–Crippen MR) is 101 cm³/mol. The molecule has 0 aliphatic carbocycles. The zero-order valence-corrected chi connectivity index (χ0v) is 18.5. The fourth-order valence-corrected chi connectivity index (χ4v) is 3.80. The summed E-state index contributed by atoms with van der Waals surface area (Å²) in [6, 6.07) is 0. The SMILES string of the molecule is O=COC1O[C@@H](O[C@@H]2C(O)[C@H](O[C@@H]3C(O)[C@H](O)OC(OC=O)[C@H]3O)OC(OC=O)[C@H]2O)C(O)[C@@H](O)[C@@H]1O. The van der Waals surface area contributed by atoms with Crippen LogP contribution < -0.4 is 0 Å². The largest absolute Gasteiger partial charge is 0.435 e. The van der Waals surface area contributed by atoms with Crippen LogP contribution >= 0.6 is 0 Å². The molecule has 19 heteroatoms. The Morgan fingerprint density at radius 1 is 0.432 bits per heavy atom. The van der Waals surface area contributed by atoms with Gasteiger partial charge in [-0.2, -0.15) is 0 Å². The van der Waals surface area contributed by atoms with E-state index >= 15 is 0 Å². The summed E-state index contributed by atoms with van der Waals surface area (Å²) >= 11 is 0. The first-order valence-electron chi connectivity index (χ1n) is 10.5. The van der Waals surface area contributed by atoms with Crippen molar-refractivity contribution >= 4 is 19.4 Å². The van der Waals surface area contributed by atoms with Gasteiger partial charge in [-0.25, -0.2) is 0 Å². The van der Waals surface area contributed by atoms with E-state index in [1.807, 2.05) is 0 Å². The van der Waals surface area contributed by atoms with Gasteiger partial charge >= 0.3 is 0 Å². The molecule has 19 nitrogen and oxygen atoms in total. The van der Waals surface area contributed by atoms with Gasteiger partial charge in [-0.05, 0) is 0 Å². The van der Waals surface area contributed by atoms with Crippen molar-refractivity contribution in [3.8, 4) is 0 Å². The number of carbonyl (C=O) groups excluding carboxylic acids is 3. The predicted octanol–water partition coefficient (Wildman–Crippen LogP) is -7.16. The lowest BCUT2D eigenvalue weighted by atomic mass is 10.0. The molecule has 3 heterocycles. The van der Waals surface area contributed by atoms with Crippen LogP contribution in [0.4, 0.5) is 0 Å². The molecule has 8 N–H and O–H groups in total.